The van der Waals surface area contributed by atoms with Gasteiger partial charge in [0.15, 0.2) is 0 Å². The summed E-state index contributed by atoms with van der Waals surface area (Å²) in [6.07, 6.45) is 86.1. The molecule has 0 aromatic carbocycles. The largest absolute Gasteiger partial charge is 0.480 e. The number of carbonyl (C=O) groups is 11. The Hall–Kier alpha value is -5.47. The Morgan fingerprint density at radius 1 is 0.352 bits per heavy atom. The number of carboxylic acid groups (broad SMARTS) is 1. The van der Waals surface area contributed by atoms with Gasteiger partial charge in [-0.3, -0.25) is 62.6 Å². The van der Waals surface area contributed by atoms with Gasteiger partial charge in [-0.1, -0.05) is 428 Å². The molecular formula is C120H228N6O18S. The van der Waals surface area contributed by atoms with Crippen molar-refractivity contribution in [3.8, 4) is 0 Å². The molecule has 0 saturated carbocycles. The number of esters is 6. The minimum absolute atomic E-state index is 0.0809. The van der Waals surface area contributed by atoms with E-state index in [2.05, 4.69) is 95.5 Å². The van der Waals surface area contributed by atoms with Crippen LogP contribution in [-0.4, -0.2) is 203 Å². The zero-order valence-corrected chi connectivity index (χ0v) is 97.2. The fourth-order valence-corrected chi connectivity index (χ4v) is 17.6. The van der Waals surface area contributed by atoms with E-state index in [1.54, 1.807) is 43.6 Å². The summed E-state index contributed by atoms with van der Waals surface area (Å²) < 4.78 is 31.9. The SMILES string of the molecule is CCCCCCCCCCCCOC(=O)CCN(CCC(=O)OCCCCCCCCCCCC)C(CC1=CCC=N1)C(=O)O.CCCCCCCCCCCCOC(=O)CCNC(C(C)=O)C(C)CC.CCCCCCCCCCCCOC(=O)CCNC(CC(C)C)C(C)=O.CCCCCCCCCCCCOC(=O)CCNC(CCSC)C(C)=O.CCCCCCCCCCCCOC(=O)CCNCC(C)=O. The Balaban J connectivity index is -0.000000882. The Bertz CT molecular complexity index is 3010. The van der Waals surface area contributed by atoms with E-state index >= 15 is 0 Å². The first-order chi connectivity index (χ1) is 70.2. The number of rotatable bonds is 103. The van der Waals surface area contributed by atoms with Crippen LogP contribution in [0.1, 0.15) is 553 Å². The quantitative estimate of drug-likeness (QED) is 0.0215. The summed E-state index contributed by atoms with van der Waals surface area (Å²) in [5.74, 6) is -0.145. The number of ketones is 4. The van der Waals surface area contributed by atoms with Crippen LogP contribution >= 0.6 is 11.8 Å². The second kappa shape index (κ2) is 116. The predicted molar refractivity (Wildman–Crippen MR) is 606 cm³/mol. The first-order valence-corrected chi connectivity index (χ1v) is 61.2. The summed E-state index contributed by atoms with van der Waals surface area (Å²) in [4.78, 5) is 135. The molecule has 25 heteroatoms. The summed E-state index contributed by atoms with van der Waals surface area (Å²) in [5, 5.41) is 22.5. The number of thioether (sulfide) groups is 1. The number of Topliss-reactive ketones (excluding diaryl/α,β-unsaturated/α-hetero) is 4. The van der Waals surface area contributed by atoms with Crippen molar-refractivity contribution in [2.45, 2.75) is 577 Å². The maximum absolute atomic E-state index is 12.5. The summed E-state index contributed by atoms with van der Waals surface area (Å²) >= 11 is 1.73. The van der Waals surface area contributed by atoms with E-state index in [0.717, 1.165) is 121 Å². The van der Waals surface area contributed by atoms with Crippen molar-refractivity contribution in [2.24, 2.45) is 16.8 Å². The number of carboxylic acids is 1. The number of unbranched alkanes of at least 4 members (excludes halogenated alkanes) is 54. The molecule has 1 aliphatic rings. The number of aliphatic imine (C=N–C) groups is 1. The second-order valence-electron chi connectivity index (χ2n) is 41.2. The van der Waals surface area contributed by atoms with E-state index in [9.17, 15) is 57.8 Å². The van der Waals surface area contributed by atoms with E-state index in [1.165, 1.54) is 302 Å². The Kier molecular flexibility index (Phi) is 116. The third-order valence-corrected chi connectivity index (χ3v) is 27.2. The summed E-state index contributed by atoms with van der Waals surface area (Å²) in [5.41, 5.74) is 0.722. The predicted octanol–water partition coefficient (Wildman–Crippen LogP) is 29.2. The molecule has 0 aromatic heterocycles. The van der Waals surface area contributed by atoms with Crippen molar-refractivity contribution in [3.05, 3.63) is 11.8 Å². The van der Waals surface area contributed by atoms with Crippen LogP contribution < -0.4 is 21.3 Å². The molecule has 24 nitrogen and oxygen atoms in total. The van der Waals surface area contributed by atoms with Crippen molar-refractivity contribution in [1.82, 2.24) is 26.2 Å². The van der Waals surface area contributed by atoms with Crippen molar-refractivity contribution in [2.75, 3.05) is 97.5 Å². The number of nitrogens with one attached hydrogen (secondary N) is 4. The molecular weight excluding hydrogens is 1850 g/mol. The third kappa shape index (κ3) is 111. The van der Waals surface area contributed by atoms with E-state index in [0.29, 0.717) is 110 Å². The van der Waals surface area contributed by atoms with Crippen LogP contribution in [0.2, 0.25) is 0 Å². The lowest BCUT2D eigenvalue weighted by Gasteiger charge is -2.28. The zero-order valence-electron chi connectivity index (χ0n) is 96.4. The molecule has 1 rings (SSSR count). The molecule has 0 radical (unpaired) electrons. The van der Waals surface area contributed by atoms with Crippen molar-refractivity contribution < 1.29 is 86.3 Å². The molecule has 852 valence electrons. The summed E-state index contributed by atoms with van der Waals surface area (Å²) in [7, 11) is 0. The van der Waals surface area contributed by atoms with Crippen LogP contribution in [0, 0.1) is 11.8 Å². The van der Waals surface area contributed by atoms with Gasteiger partial charge in [0.05, 0.1) is 103 Å². The Morgan fingerprint density at radius 2 is 0.614 bits per heavy atom. The lowest BCUT2D eigenvalue weighted by Crippen LogP contribution is -2.43. The van der Waals surface area contributed by atoms with Crippen molar-refractivity contribution in [1.29, 1.82) is 0 Å². The van der Waals surface area contributed by atoms with E-state index in [-0.39, 0.29) is 115 Å². The van der Waals surface area contributed by atoms with Crippen LogP contribution in [0.15, 0.2) is 16.8 Å². The molecule has 5 atom stereocenters. The molecule has 0 saturated heterocycles. The molecule has 1 aliphatic heterocycles. The third-order valence-electron chi connectivity index (χ3n) is 26.6. The maximum atomic E-state index is 12.5. The van der Waals surface area contributed by atoms with E-state index in [1.807, 2.05) is 12.3 Å². The lowest BCUT2D eigenvalue weighted by molar-refractivity contribution is -0.149. The van der Waals surface area contributed by atoms with Crippen LogP contribution in [-0.2, 0) is 81.2 Å². The number of carbonyl (C=O) groups excluding carboxylic acids is 10. The zero-order chi connectivity index (χ0) is 108. The summed E-state index contributed by atoms with van der Waals surface area (Å²) in [6, 6.07) is -1.33. The highest BCUT2D eigenvalue weighted by Crippen LogP contribution is 2.22. The van der Waals surface area contributed by atoms with Crippen LogP contribution in [0.4, 0.5) is 0 Å². The maximum Gasteiger partial charge on any atom is 0.321 e. The molecule has 0 bridgehead atoms. The topological polar surface area (TPSA) is 327 Å². The number of hydrogen-bond acceptors (Lipinski definition) is 24. The fourth-order valence-electron chi connectivity index (χ4n) is 17.1. The lowest BCUT2D eigenvalue weighted by atomic mass is 9.96. The average Bonchev–Trinajstić information content (AvgIpc) is 1.83. The van der Waals surface area contributed by atoms with Crippen molar-refractivity contribution in [3.63, 3.8) is 0 Å². The molecule has 1 heterocycles. The van der Waals surface area contributed by atoms with Gasteiger partial charge in [0, 0.05) is 64.0 Å². The van der Waals surface area contributed by atoms with Crippen LogP contribution in [0.25, 0.3) is 0 Å². The van der Waals surface area contributed by atoms with Gasteiger partial charge in [-0.15, -0.1) is 0 Å². The van der Waals surface area contributed by atoms with Gasteiger partial charge in [-0.25, -0.2) is 0 Å². The Labute approximate surface area is 893 Å². The molecule has 5 N–H and O–H groups in total. The van der Waals surface area contributed by atoms with Crippen LogP contribution in [0.3, 0.4) is 0 Å². The number of hydrogen-bond donors (Lipinski definition) is 5. The number of allylic oxidation sites excluding steroid dienone is 1. The molecule has 0 aromatic rings. The minimum Gasteiger partial charge on any atom is -0.480 e. The highest BCUT2D eigenvalue weighted by atomic mass is 32.2. The Morgan fingerprint density at radius 3 is 0.848 bits per heavy atom. The van der Waals surface area contributed by atoms with Crippen LogP contribution in [0.5, 0.6) is 0 Å². The van der Waals surface area contributed by atoms with Gasteiger partial charge in [-0.05, 0) is 103 Å². The van der Waals surface area contributed by atoms with Gasteiger partial charge in [0.2, 0.25) is 0 Å². The van der Waals surface area contributed by atoms with Gasteiger partial charge < -0.3 is 54.8 Å². The molecule has 5 unspecified atom stereocenters. The normalized spacial score (nSPS) is 12.5. The fraction of sp³-hybridized carbons (Fsp3) is 0.883. The highest BCUT2D eigenvalue weighted by Gasteiger charge is 2.29. The number of ether oxygens (including phenoxy) is 6. The van der Waals surface area contributed by atoms with E-state index < -0.39 is 12.0 Å². The first kappa shape index (κ1) is 146. The monoisotopic (exact) mass is 2070 g/mol. The first-order valence-electron chi connectivity index (χ1n) is 59.8. The average molecular weight is 2080 g/mol. The van der Waals surface area contributed by atoms with Gasteiger partial charge in [0.25, 0.3) is 0 Å². The van der Waals surface area contributed by atoms with Crippen molar-refractivity contribution >= 4 is 82.9 Å². The van der Waals surface area contributed by atoms with Gasteiger partial charge >= 0.3 is 41.8 Å². The molecule has 0 fully saturated rings. The highest BCUT2D eigenvalue weighted by molar-refractivity contribution is 7.98. The molecule has 0 amide bonds. The number of nitrogens with zero attached hydrogens (tertiary/aromatic N) is 2. The minimum atomic E-state index is -0.990. The second-order valence-corrected chi connectivity index (χ2v) is 42.2. The van der Waals surface area contributed by atoms with E-state index in [4.69, 9.17) is 28.4 Å². The standard InChI is InChI=1S/C37H66N2O6.2C22H43NO3.C21H41NO3S.C18H35NO3/c1-3-5-7-9-11-13-15-17-19-21-30-44-35(40)25-28-39(34(37(42)43)32-33-24-23-27-38-33)29-26-36(41)45-31-22-20-18-16-14-12-10-8-6-4-2;1-5-6-7-8-9-10-11-12-13-14-17-26-22(25)15-16-23-21(20(4)24)18-19(2)3;1-5-7-8-9-10-11-12-13-14-15-18-26-21(25)16-17-23-22(20(4)24)19(3)6-2;1-4-5-6-7-8-9-10-11-12-13-17-25-21(24)14-16-22-20(19(2)23)15-18-26-3;1-3-4-5-6-7-8-9-10-11-12-15-22-18(21)13-14-19-16-17(2)20/h24,27,34H,3-23,25-26,28-32H2,1-2H3,(H,42,43);19,21,23H,5-18H2,1-4H3;19,22-23H,5-18H2,1-4H3;20,22H,4-18H2,1-3H3;19H,3-16H2,1-2H3. The van der Waals surface area contributed by atoms with Gasteiger partial charge in [0.1, 0.15) is 29.2 Å². The number of aliphatic carboxylic acids is 1. The van der Waals surface area contributed by atoms with Gasteiger partial charge in [-0.2, -0.15) is 11.8 Å². The smallest absolute Gasteiger partial charge is 0.321 e. The molecule has 0 spiro atoms. The summed E-state index contributed by atoms with van der Waals surface area (Å²) in [6.45, 7) is 33.8. The molecule has 145 heavy (non-hydrogen) atoms. The molecule has 0 aliphatic carbocycles.